The maximum Gasteiger partial charge on any atom is 0.252 e. The summed E-state index contributed by atoms with van der Waals surface area (Å²) in [7, 11) is 0. The van der Waals surface area contributed by atoms with E-state index in [0.717, 1.165) is 5.69 Å². The quantitative estimate of drug-likeness (QED) is 0.700. The molecule has 2 rings (SSSR count). The first-order chi connectivity index (χ1) is 7.40. The lowest BCUT2D eigenvalue weighted by Crippen LogP contribution is -2.08. The number of hydrogen-bond acceptors (Lipinski definition) is 5. The minimum absolute atomic E-state index is 0.297. The molecule has 6 nitrogen and oxygen atoms in total. The van der Waals surface area contributed by atoms with Crippen molar-refractivity contribution < 1.29 is 9.26 Å². The Labute approximate surface area is 86.4 Å². The standard InChI is InChI=1S/C9H12N4O2/c10-3-5-14-6-8-12-9(13-15-8)7-2-1-4-11-7/h1-2,4,11H,3,5-6,10H2. The van der Waals surface area contributed by atoms with Crippen LogP contribution in [0.5, 0.6) is 0 Å². The normalized spacial score (nSPS) is 10.7. The van der Waals surface area contributed by atoms with E-state index in [1.54, 1.807) is 6.20 Å². The number of nitrogens with one attached hydrogen (secondary N) is 1. The fourth-order valence-electron chi connectivity index (χ4n) is 1.14. The van der Waals surface area contributed by atoms with Gasteiger partial charge in [-0.15, -0.1) is 0 Å². The highest BCUT2D eigenvalue weighted by Crippen LogP contribution is 2.12. The molecule has 0 aliphatic carbocycles. The third-order valence-corrected chi connectivity index (χ3v) is 1.79. The molecule has 2 aromatic rings. The zero-order chi connectivity index (χ0) is 10.5. The van der Waals surface area contributed by atoms with Crippen LogP contribution in [0, 0.1) is 0 Å². The summed E-state index contributed by atoms with van der Waals surface area (Å²) in [5.41, 5.74) is 6.10. The largest absolute Gasteiger partial charge is 0.370 e. The first-order valence-corrected chi connectivity index (χ1v) is 4.64. The van der Waals surface area contributed by atoms with Gasteiger partial charge in [0.25, 0.3) is 5.89 Å². The van der Waals surface area contributed by atoms with Crippen LogP contribution in [-0.4, -0.2) is 28.3 Å². The van der Waals surface area contributed by atoms with Gasteiger partial charge in [-0.2, -0.15) is 4.98 Å². The van der Waals surface area contributed by atoms with Gasteiger partial charge in [0.15, 0.2) is 0 Å². The van der Waals surface area contributed by atoms with Gasteiger partial charge in [0.2, 0.25) is 5.82 Å². The van der Waals surface area contributed by atoms with E-state index in [-0.39, 0.29) is 0 Å². The van der Waals surface area contributed by atoms with Crippen molar-refractivity contribution >= 4 is 0 Å². The second-order valence-electron chi connectivity index (χ2n) is 2.94. The number of H-pyrrole nitrogens is 1. The van der Waals surface area contributed by atoms with Crippen LogP contribution in [-0.2, 0) is 11.3 Å². The van der Waals surface area contributed by atoms with Crippen molar-refractivity contribution in [1.82, 2.24) is 15.1 Å². The molecule has 80 valence electrons. The molecule has 0 bridgehead atoms. The molecular weight excluding hydrogens is 196 g/mol. The van der Waals surface area contributed by atoms with Crippen molar-refractivity contribution in [2.75, 3.05) is 13.2 Å². The predicted octanol–water partition coefficient (Wildman–Crippen LogP) is 0.540. The van der Waals surface area contributed by atoms with E-state index >= 15 is 0 Å². The molecule has 15 heavy (non-hydrogen) atoms. The molecule has 6 heteroatoms. The molecule has 0 spiro atoms. The van der Waals surface area contributed by atoms with Crippen LogP contribution >= 0.6 is 0 Å². The highest BCUT2D eigenvalue weighted by Gasteiger charge is 2.08. The fraction of sp³-hybridized carbons (Fsp3) is 0.333. The maximum absolute atomic E-state index is 5.28. The van der Waals surface area contributed by atoms with Crippen molar-refractivity contribution in [3.05, 3.63) is 24.2 Å². The predicted molar refractivity (Wildman–Crippen MR) is 52.8 cm³/mol. The van der Waals surface area contributed by atoms with E-state index < -0.39 is 0 Å². The third-order valence-electron chi connectivity index (χ3n) is 1.79. The second-order valence-corrected chi connectivity index (χ2v) is 2.94. The van der Waals surface area contributed by atoms with E-state index in [1.165, 1.54) is 0 Å². The smallest absolute Gasteiger partial charge is 0.252 e. The number of hydrogen-bond donors (Lipinski definition) is 2. The van der Waals surface area contributed by atoms with Crippen LogP contribution in [0.15, 0.2) is 22.9 Å². The van der Waals surface area contributed by atoms with Gasteiger partial charge >= 0.3 is 0 Å². The van der Waals surface area contributed by atoms with Crippen LogP contribution in [0.2, 0.25) is 0 Å². The van der Waals surface area contributed by atoms with Crippen molar-refractivity contribution in [3.63, 3.8) is 0 Å². The summed E-state index contributed by atoms with van der Waals surface area (Å²) in [6.45, 7) is 1.27. The summed E-state index contributed by atoms with van der Waals surface area (Å²) in [5.74, 6) is 0.986. The number of ether oxygens (including phenoxy) is 1. The Hall–Kier alpha value is -1.66. The van der Waals surface area contributed by atoms with E-state index in [4.69, 9.17) is 15.0 Å². The van der Waals surface area contributed by atoms with Gasteiger partial charge in [0, 0.05) is 12.7 Å². The first-order valence-electron chi connectivity index (χ1n) is 4.64. The number of aromatic amines is 1. The van der Waals surface area contributed by atoms with Gasteiger partial charge in [0.05, 0.1) is 12.3 Å². The van der Waals surface area contributed by atoms with Crippen molar-refractivity contribution in [2.45, 2.75) is 6.61 Å². The molecular formula is C9H12N4O2. The highest BCUT2D eigenvalue weighted by molar-refractivity contribution is 5.47. The van der Waals surface area contributed by atoms with Crippen LogP contribution in [0.4, 0.5) is 0 Å². The number of nitrogens with two attached hydrogens (primary N) is 1. The summed E-state index contributed by atoms with van der Waals surface area (Å²) in [5, 5.41) is 3.81. The summed E-state index contributed by atoms with van der Waals surface area (Å²) in [4.78, 5) is 7.14. The lowest BCUT2D eigenvalue weighted by Gasteiger charge is -1.95. The molecule has 2 aromatic heterocycles. The molecule has 3 N–H and O–H groups in total. The molecule has 0 aliphatic heterocycles. The molecule has 0 saturated carbocycles. The first kappa shape index (κ1) is 9.88. The topological polar surface area (TPSA) is 90.0 Å². The van der Waals surface area contributed by atoms with Crippen LogP contribution in [0.1, 0.15) is 5.89 Å². The summed E-state index contributed by atoms with van der Waals surface area (Å²) >= 11 is 0. The van der Waals surface area contributed by atoms with Gasteiger partial charge in [-0.25, -0.2) is 0 Å². The molecule has 0 amide bonds. The zero-order valence-electron chi connectivity index (χ0n) is 8.14. The van der Waals surface area contributed by atoms with E-state index in [9.17, 15) is 0 Å². The molecule has 0 saturated heterocycles. The van der Waals surface area contributed by atoms with Gasteiger partial charge in [-0.1, -0.05) is 5.16 Å². The number of rotatable bonds is 5. The number of nitrogens with zero attached hydrogens (tertiary/aromatic N) is 2. The minimum Gasteiger partial charge on any atom is -0.370 e. The van der Waals surface area contributed by atoms with Crippen LogP contribution < -0.4 is 5.73 Å². The zero-order valence-corrected chi connectivity index (χ0v) is 8.14. The van der Waals surface area contributed by atoms with E-state index in [1.807, 2.05) is 12.1 Å². The lowest BCUT2D eigenvalue weighted by molar-refractivity contribution is 0.104. The Bertz CT molecular complexity index is 396. The molecule has 0 atom stereocenters. The highest BCUT2D eigenvalue weighted by atomic mass is 16.5. The molecule has 0 unspecified atom stereocenters. The van der Waals surface area contributed by atoms with E-state index in [0.29, 0.717) is 31.5 Å². The van der Waals surface area contributed by atoms with Crippen LogP contribution in [0.3, 0.4) is 0 Å². The molecule has 0 aliphatic rings. The van der Waals surface area contributed by atoms with E-state index in [2.05, 4.69) is 15.1 Å². The average molecular weight is 208 g/mol. The van der Waals surface area contributed by atoms with Gasteiger partial charge < -0.3 is 20.0 Å². The lowest BCUT2D eigenvalue weighted by atomic mass is 10.4. The van der Waals surface area contributed by atoms with Crippen molar-refractivity contribution in [2.24, 2.45) is 5.73 Å². The van der Waals surface area contributed by atoms with Crippen molar-refractivity contribution in [3.8, 4) is 11.5 Å². The van der Waals surface area contributed by atoms with Gasteiger partial charge in [-0.05, 0) is 12.1 Å². The average Bonchev–Trinajstić information content (AvgIpc) is 2.87. The Balaban J connectivity index is 1.98. The number of aromatic nitrogens is 3. The minimum atomic E-state index is 0.297. The van der Waals surface area contributed by atoms with Gasteiger partial charge in [-0.3, -0.25) is 0 Å². The van der Waals surface area contributed by atoms with Crippen molar-refractivity contribution in [1.29, 1.82) is 0 Å². The third kappa shape index (κ3) is 2.42. The van der Waals surface area contributed by atoms with Gasteiger partial charge in [0.1, 0.15) is 6.61 Å². The Morgan fingerprint density at radius 2 is 2.47 bits per heavy atom. The monoisotopic (exact) mass is 208 g/mol. The Morgan fingerprint density at radius 3 is 3.20 bits per heavy atom. The Kier molecular flexibility index (Phi) is 3.11. The maximum atomic E-state index is 5.28. The van der Waals surface area contributed by atoms with Crippen LogP contribution in [0.25, 0.3) is 11.5 Å². The summed E-state index contributed by atoms with van der Waals surface area (Å²) in [6, 6.07) is 3.74. The summed E-state index contributed by atoms with van der Waals surface area (Å²) < 4.78 is 10.2. The Morgan fingerprint density at radius 1 is 1.53 bits per heavy atom. The molecule has 2 heterocycles. The molecule has 0 fully saturated rings. The fourth-order valence-corrected chi connectivity index (χ4v) is 1.14. The second kappa shape index (κ2) is 4.72. The molecule has 0 aromatic carbocycles. The molecule has 0 radical (unpaired) electrons. The summed E-state index contributed by atoms with van der Waals surface area (Å²) in [6.07, 6.45) is 1.80. The SMILES string of the molecule is NCCOCc1nc(-c2ccc[nH]2)no1.